The summed E-state index contributed by atoms with van der Waals surface area (Å²) >= 11 is 0. The van der Waals surface area contributed by atoms with E-state index in [0.29, 0.717) is 0 Å². The lowest BCUT2D eigenvalue weighted by Gasteiger charge is -2.28. The fraction of sp³-hybridized carbons (Fsp3) is 0. The van der Waals surface area contributed by atoms with Crippen LogP contribution in [0, 0.1) is 0 Å². The monoisotopic (exact) mass is 829 g/mol. The van der Waals surface area contributed by atoms with E-state index in [1.807, 2.05) is 12.1 Å². The van der Waals surface area contributed by atoms with Crippen molar-refractivity contribution in [2.45, 2.75) is 0 Å². The normalized spacial score (nSPS) is 11.7. The Morgan fingerprint density at radius 1 is 0.262 bits per heavy atom. The molecule has 0 amide bonds. The van der Waals surface area contributed by atoms with Gasteiger partial charge in [-0.05, 0) is 128 Å². The summed E-state index contributed by atoms with van der Waals surface area (Å²) in [5, 5.41) is 9.32. The first-order chi connectivity index (χ1) is 32.2. The topological polar surface area (TPSA) is 29.5 Å². The molecular weight excluding hydrogens is 791 g/mol. The first kappa shape index (κ1) is 36.9. The molecule has 2 aromatic heterocycles. The van der Waals surface area contributed by atoms with Crippen LogP contribution in [-0.2, 0) is 0 Å². The molecule has 0 fully saturated rings. The van der Waals surface area contributed by atoms with Crippen molar-refractivity contribution in [1.82, 2.24) is 0 Å². The van der Waals surface area contributed by atoms with Crippen molar-refractivity contribution >= 4 is 82.5 Å². The highest BCUT2D eigenvalue weighted by Crippen LogP contribution is 2.44. The van der Waals surface area contributed by atoms with Crippen LogP contribution in [0.4, 0.5) is 17.1 Å². The fourth-order valence-electron chi connectivity index (χ4n) is 9.78. The van der Waals surface area contributed by atoms with Crippen LogP contribution < -0.4 is 4.90 Å². The molecule has 0 saturated carbocycles. The number of nitrogens with zero attached hydrogens (tertiary/aromatic N) is 1. The molecule has 0 unspecified atom stereocenters. The summed E-state index contributed by atoms with van der Waals surface area (Å²) in [5.41, 5.74) is 15.9. The Balaban J connectivity index is 0.926. The molecule has 0 radical (unpaired) electrons. The zero-order chi connectivity index (χ0) is 42.8. The van der Waals surface area contributed by atoms with Gasteiger partial charge < -0.3 is 13.7 Å². The number of hydrogen-bond acceptors (Lipinski definition) is 3. The first-order valence-corrected chi connectivity index (χ1v) is 22.1. The largest absolute Gasteiger partial charge is 0.456 e. The Labute approximate surface area is 375 Å². The Kier molecular flexibility index (Phi) is 8.53. The van der Waals surface area contributed by atoms with Gasteiger partial charge in [-0.25, -0.2) is 0 Å². The zero-order valence-electron chi connectivity index (χ0n) is 35.3. The van der Waals surface area contributed by atoms with Gasteiger partial charge in [0, 0.05) is 44.0 Å². The zero-order valence-corrected chi connectivity index (χ0v) is 35.3. The van der Waals surface area contributed by atoms with Crippen molar-refractivity contribution in [2.75, 3.05) is 4.90 Å². The Morgan fingerprint density at radius 2 is 0.815 bits per heavy atom. The fourth-order valence-corrected chi connectivity index (χ4v) is 9.78. The van der Waals surface area contributed by atoms with E-state index in [-0.39, 0.29) is 0 Å². The van der Waals surface area contributed by atoms with Crippen LogP contribution >= 0.6 is 0 Å². The van der Waals surface area contributed by atoms with Gasteiger partial charge in [-0.3, -0.25) is 0 Å². The maximum Gasteiger partial charge on any atom is 0.143 e. The SMILES string of the molecule is c1cc(-c2ccc(N(c3ccc(-c4cccc5c4oc4ccccc45)cc3)c3ccccc3-c3ccc4oc5cc6ccccc6cc5c4c3)cc2)cc(-c2ccc3ccccc3c2)c1. The van der Waals surface area contributed by atoms with E-state index in [4.69, 9.17) is 8.83 Å². The molecule has 0 saturated heterocycles. The quantitative estimate of drug-likeness (QED) is 0.160. The molecule has 0 aliphatic rings. The third kappa shape index (κ3) is 6.36. The molecule has 3 nitrogen and oxygen atoms in total. The molecule has 0 atom stereocenters. The first-order valence-electron chi connectivity index (χ1n) is 22.1. The Morgan fingerprint density at radius 3 is 1.63 bits per heavy atom. The number of benzene rings is 11. The number of rotatable bonds is 7. The highest BCUT2D eigenvalue weighted by Gasteiger charge is 2.20. The average Bonchev–Trinajstić information content (AvgIpc) is 3.94. The van der Waals surface area contributed by atoms with Crippen molar-refractivity contribution in [3.63, 3.8) is 0 Å². The minimum Gasteiger partial charge on any atom is -0.456 e. The smallest absolute Gasteiger partial charge is 0.143 e. The molecule has 13 aromatic rings. The maximum absolute atomic E-state index is 6.47. The molecule has 0 N–H and O–H groups in total. The predicted molar refractivity (Wildman–Crippen MR) is 272 cm³/mol. The summed E-state index contributed by atoms with van der Waals surface area (Å²) in [6.07, 6.45) is 0. The lowest BCUT2D eigenvalue weighted by atomic mass is 9.96. The summed E-state index contributed by atoms with van der Waals surface area (Å²) in [6, 6.07) is 84.8. The van der Waals surface area contributed by atoms with Gasteiger partial charge in [-0.1, -0.05) is 164 Å². The van der Waals surface area contributed by atoms with E-state index < -0.39 is 0 Å². The van der Waals surface area contributed by atoms with E-state index in [0.717, 1.165) is 88.8 Å². The van der Waals surface area contributed by atoms with E-state index in [1.165, 1.54) is 38.2 Å². The molecule has 0 aliphatic heterocycles. The Bertz CT molecular complexity index is 3950. The summed E-state index contributed by atoms with van der Waals surface area (Å²) < 4.78 is 12.9. The van der Waals surface area contributed by atoms with E-state index in [1.54, 1.807) is 0 Å². The standard InChI is InChI=1S/C62H39NO2/c1-2-12-43-36-48(24-23-40(43)11-1)45-16-9-15-44(35-45)41-25-30-50(31-26-41)63(51-32-27-42(28-33-51)53-19-10-20-55-54-18-6-8-22-59(54)65-62(53)55)58-21-7-5-17-52(58)49-29-34-60-56(38-49)57-37-46-13-3-4-14-47(46)39-61(57)64-60/h1-39H. The molecule has 2 heterocycles. The number of anilines is 3. The number of para-hydroxylation sites is 3. The summed E-state index contributed by atoms with van der Waals surface area (Å²) in [4.78, 5) is 2.38. The maximum atomic E-state index is 6.47. The second-order valence-corrected chi connectivity index (χ2v) is 16.9. The second kappa shape index (κ2) is 15.0. The van der Waals surface area contributed by atoms with Gasteiger partial charge in [-0.15, -0.1) is 0 Å². The van der Waals surface area contributed by atoms with Crippen molar-refractivity contribution in [3.05, 3.63) is 237 Å². The van der Waals surface area contributed by atoms with Gasteiger partial charge in [0.1, 0.15) is 22.3 Å². The highest BCUT2D eigenvalue weighted by molar-refractivity contribution is 6.12. The van der Waals surface area contributed by atoms with Gasteiger partial charge >= 0.3 is 0 Å². The summed E-state index contributed by atoms with van der Waals surface area (Å²) in [7, 11) is 0. The molecule has 0 spiro atoms. The van der Waals surface area contributed by atoms with Crippen LogP contribution in [0.3, 0.4) is 0 Å². The van der Waals surface area contributed by atoms with E-state index in [9.17, 15) is 0 Å². The minimum absolute atomic E-state index is 0.878. The van der Waals surface area contributed by atoms with Crippen molar-refractivity contribution in [2.24, 2.45) is 0 Å². The van der Waals surface area contributed by atoms with E-state index in [2.05, 4.69) is 229 Å². The van der Waals surface area contributed by atoms with Gasteiger partial charge in [0.15, 0.2) is 0 Å². The minimum atomic E-state index is 0.878. The molecule has 13 rings (SSSR count). The predicted octanol–water partition coefficient (Wildman–Crippen LogP) is 17.9. The third-order valence-electron chi connectivity index (χ3n) is 13.0. The molecular formula is C62H39NO2. The van der Waals surface area contributed by atoms with Gasteiger partial charge in [0.25, 0.3) is 0 Å². The van der Waals surface area contributed by atoms with Crippen LogP contribution in [0.15, 0.2) is 245 Å². The lowest BCUT2D eigenvalue weighted by Crippen LogP contribution is -2.11. The van der Waals surface area contributed by atoms with E-state index >= 15 is 0 Å². The van der Waals surface area contributed by atoms with Crippen LogP contribution in [0.2, 0.25) is 0 Å². The van der Waals surface area contributed by atoms with Gasteiger partial charge in [0.2, 0.25) is 0 Å². The van der Waals surface area contributed by atoms with Crippen LogP contribution in [-0.4, -0.2) is 0 Å². The summed E-state index contributed by atoms with van der Waals surface area (Å²) in [5.74, 6) is 0. The molecule has 304 valence electrons. The number of furan rings is 2. The van der Waals surface area contributed by atoms with Crippen molar-refractivity contribution in [3.8, 4) is 44.5 Å². The van der Waals surface area contributed by atoms with Crippen LogP contribution in [0.5, 0.6) is 0 Å². The summed E-state index contributed by atoms with van der Waals surface area (Å²) in [6.45, 7) is 0. The highest BCUT2D eigenvalue weighted by atomic mass is 16.3. The van der Waals surface area contributed by atoms with Crippen LogP contribution in [0.25, 0.3) is 110 Å². The number of fused-ring (bicyclic) bond motifs is 8. The molecule has 0 aliphatic carbocycles. The van der Waals surface area contributed by atoms with Crippen molar-refractivity contribution in [1.29, 1.82) is 0 Å². The molecule has 11 aromatic carbocycles. The second-order valence-electron chi connectivity index (χ2n) is 16.9. The van der Waals surface area contributed by atoms with Crippen LogP contribution in [0.1, 0.15) is 0 Å². The lowest BCUT2D eigenvalue weighted by molar-refractivity contribution is 0.669. The molecule has 65 heavy (non-hydrogen) atoms. The van der Waals surface area contributed by atoms with Crippen molar-refractivity contribution < 1.29 is 8.83 Å². The number of hydrogen-bond donors (Lipinski definition) is 0. The molecule has 3 heteroatoms. The van der Waals surface area contributed by atoms with Gasteiger partial charge in [0.05, 0.1) is 5.69 Å². The van der Waals surface area contributed by atoms with Gasteiger partial charge in [-0.2, -0.15) is 0 Å². The third-order valence-corrected chi connectivity index (χ3v) is 13.0. The average molecular weight is 830 g/mol. The Hall–Kier alpha value is -8.66. The molecule has 0 bridgehead atoms.